The topological polar surface area (TPSA) is 9.23 Å². The van der Waals surface area contributed by atoms with Crippen molar-refractivity contribution < 1.29 is 4.12 Å². The average molecular weight is 361 g/mol. The predicted molar refractivity (Wildman–Crippen MR) is 110 cm³/mol. The zero-order valence-electron chi connectivity index (χ0n) is 14.4. The van der Waals surface area contributed by atoms with Gasteiger partial charge in [0.05, 0.1) is 7.83 Å². The molecule has 0 aliphatic carbocycles. The van der Waals surface area contributed by atoms with Crippen LogP contribution in [-0.2, 0) is 4.12 Å². The van der Waals surface area contributed by atoms with Crippen molar-refractivity contribution in [2.45, 2.75) is 32.7 Å². The van der Waals surface area contributed by atoms with Gasteiger partial charge in [-0.3, -0.25) is 0 Å². The molecule has 0 saturated carbocycles. The van der Waals surface area contributed by atoms with Gasteiger partial charge in [0.1, 0.15) is 0 Å². The van der Waals surface area contributed by atoms with E-state index in [9.17, 15) is 0 Å². The molecule has 0 radical (unpaired) electrons. The van der Waals surface area contributed by atoms with Crippen LogP contribution in [0.1, 0.15) is 0 Å². The van der Waals surface area contributed by atoms with Crippen LogP contribution in [0, 0.1) is 0 Å². The monoisotopic (exact) mass is 360 g/mol. The third-order valence-electron chi connectivity index (χ3n) is 3.84. The second-order valence-corrected chi connectivity index (χ2v) is 30.6. The molecule has 2 rings (SSSR count). The van der Waals surface area contributed by atoms with Crippen LogP contribution >= 0.6 is 0 Å². The Bertz CT molecular complexity index is 566. The highest BCUT2D eigenvalue weighted by Crippen LogP contribution is 2.10. The van der Waals surface area contributed by atoms with Gasteiger partial charge in [0.2, 0.25) is 0 Å². The van der Waals surface area contributed by atoms with E-state index in [1.54, 1.807) is 5.19 Å². The Morgan fingerprint density at radius 3 is 1.59 bits per heavy atom. The van der Waals surface area contributed by atoms with Crippen LogP contribution in [0.15, 0.2) is 60.7 Å². The molecule has 2 unspecified atom stereocenters. The lowest BCUT2D eigenvalue weighted by molar-refractivity contribution is 0.599. The normalized spacial score (nSPS) is 14.8. The number of hydrogen-bond acceptors (Lipinski definition) is 1. The van der Waals surface area contributed by atoms with E-state index >= 15 is 0 Å². The maximum Gasteiger partial charge on any atom is 0.180 e. The first-order valence-corrected chi connectivity index (χ1v) is 20.8. The van der Waals surface area contributed by atoms with E-state index in [2.05, 4.69) is 93.4 Å². The fourth-order valence-electron chi connectivity index (χ4n) is 2.96. The predicted octanol–water partition coefficient (Wildman–Crippen LogP) is 2.25. The molecule has 2 aromatic carbocycles. The van der Waals surface area contributed by atoms with E-state index in [0.717, 1.165) is 0 Å². The van der Waals surface area contributed by atoms with Crippen molar-refractivity contribution in [3.63, 3.8) is 0 Å². The van der Waals surface area contributed by atoms with Crippen LogP contribution in [0.2, 0.25) is 32.7 Å². The van der Waals surface area contributed by atoms with Crippen LogP contribution in [0.4, 0.5) is 0 Å². The molecule has 22 heavy (non-hydrogen) atoms. The lowest BCUT2D eigenvalue weighted by Crippen LogP contribution is -2.63. The zero-order valence-corrected chi connectivity index (χ0v) is 18.9. The highest BCUT2D eigenvalue weighted by atomic mass is 29.6. The van der Waals surface area contributed by atoms with E-state index in [0.29, 0.717) is 0 Å². The fourth-order valence-corrected chi connectivity index (χ4v) is 34.7. The number of hydrogen-bond donors (Lipinski definition) is 0. The molecular formula is C17H28OSi4. The number of rotatable bonds is 6. The summed E-state index contributed by atoms with van der Waals surface area (Å²) in [5.74, 6) is 0. The average Bonchev–Trinajstić information content (AvgIpc) is 2.47. The van der Waals surface area contributed by atoms with Gasteiger partial charge in [-0.1, -0.05) is 78.9 Å². The maximum atomic E-state index is 6.88. The molecule has 0 heterocycles. The quantitative estimate of drug-likeness (QED) is 0.718. The molecule has 0 aliphatic heterocycles. The highest BCUT2D eigenvalue weighted by Gasteiger charge is 2.35. The Labute approximate surface area is 141 Å². The molecule has 0 aromatic heterocycles. The molecular weight excluding hydrogens is 333 g/mol. The van der Waals surface area contributed by atoms with Gasteiger partial charge in [0, 0.05) is 8.31 Å². The minimum atomic E-state index is -1.53. The van der Waals surface area contributed by atoms with Crippen molar-refractivity contribution in [1.29, 1.82) is 0 Å². The van der Waals surface area contributed by atoms with Crippen LogP contribution in [-0.4, -0.2) is 33.0 Å². The van der Waals surface area contributed by atoms with E-state index in [4.69, 9.17) is 4.12 Å². The standard InChI is InChI=1S/C17H28OSi4/c1-19(2)21(17-14-10-7-11-15-17)20(18-22(3,4)5)16-12-8-6-9-13-16/h6-15,19-21H,1-5H3. The fraction of sp³-hybridized carbons (Fsp3) is 0.294. The van der Waals surface area contributed by atoms with Gasteiger partial charge in [0.25, 0.3) is 0 Å². The Kier molecular flexibility index (Phi) is 6.16. The third kappa shape index (κ3) is 4.89. The SMILES string of the molecule is C[SiH](C)[SiH](c1ccccc1)[SiH](O[Si](C)(C)C)c1ccccc1. The van der Waals surface area contributed by atoms with Crippen LogP contribution in [0.25, 0.3) is 0 Å². The molecule has 5 heteroatoms. The Hall–Kier alpha value is -0.732. The maximum absolute atomic E-state index is 6.88. The third-order valence-corrected chi connectivity index (χ3v) is 33.0. The molecule has 0 spiro atoms. The Morgan fingerprint density at radius 2 is 1.18 bits per heavy atom. The molecule has 0 amide bonds. The lowest BCUT2D eigenvalue weighted by Gasteiger charge is -2.33. The molecule has 0 fully saturated rings. The van der Waals surface area contributed by atoms with Gasteiger partial charge in [-0.2, -0.15) is 0 Å². The molecule has 1 nitrogen and oxygen atoms in total. The number of benzene rings is 2. The van der Waals surface area contributed by atoms with Crippen molar-refractivity contribution in [1.82, 2.24) is 0 Å². The molecule has 0 aliphatic rings. The van der Waals surface area contributed by atoms with Crippen molar-refractivity contribution in [2.75, 3.05) is 0 Å². The summed E-state index contributed by atoms with van der Waals surface area (Å²) in [5.41, 5.74) is 0. The molecule has 2 atom stereocenters. The zero-order chi connectivity index (χ0) is 16.2. The minimum absolute atomic E-state index is 0.731. The summed E-state index contributed by atoms with van der Waals surface area (Å²) in [5, 5.41) is 3.15. The second kappa shape index (κ2) is 7.70. The van der Waals surface area contributed by atoms with Gasteiger partial charge in [0.15, 0.2) is 16.9 Å². The summed E-state index contributed by atoms with van der Waals surface area (Å²) in [4.78, 5) is 0. The summed E-state index contributed by atoms with van der Waals surface area (Å²) in [6.07, 6.45) is 0. The Balaban J connectivity index is 2.45. The molecule has 0 bridgehead atoms. The van der Waals surface area contributed by atoms with Crippen molar-refractivity contribution >= 4 is 43.4 Å². The summed E-state index contributed by atoms with van der Waals surface area (Å²) >= 11 is 0. The molecule has 2 aromatic rings. The summed E-state index contributed by atoms with van der Waals surface area (Å²) in [6, 6.07) is 22.4. The first kappa shape index (κ1) is 17.6. The van der Waals surface area contributed by atoms with Crippen LogP contribution in [0.3, 0.4) is 0 Å². The summed E-state index contributed by atoms with van der Waals surface area (Å²) in [6.45, 7) is 12.1. The van der Waals surface area contributed by atoms with Gasteiger partial charge < -0.3 is 4.12 Å². The lowest BCUT2D eigenvalue weighted by atomic mass is 10.4. The van der Waals surface area contributed by atoms with E-state index in [1.807, 2.05) is 0 Å². The van der Waals surface area contributed by atoms with Crippen molar-refractivity contribution in [2.24, 2.45) is 0 Å². The highest BCUT2D eigenvalue weighted by molar-refractivity contribution is 7.56. The summed E-state index contributed by atoms with van der Waals surface area (Å²) < 4.78 is 6.88. The van der Waals surface area contributed by atoms with E-state index in [1.165, 1.54) is 5.19 Å². The van der Waals surface area contributed by atoms with Crippen molar-refractivity contribution in [3.8, 4) is 0 Å². The largest absolute Gasteiger partial charge is 0.457 e. The van der Waals surface area contributed by atoms with E-state index in [-0.39, 0.29) is 0 Å². The Morgan fingerprint density at radius 1 is 0.727 bits per heavy atom. The minimum Gasteiger partial charge on any atom is -0.457 e. The van der Waals surface area contributed by atoms with E-state index < -0.39 is 33.0 Å². The van der Waals surface area contributed by atoms with Crippen LogP contribution in [0.5, 0.6) is 0 Å². The first-order chi connectivity index (χ1) is 10.4. The second-order valence-electron chi connectivity index (χ2n) is 7.24. The van der Waals surface area contributed by atoms with Gasteiger partial charge in [-0.25, -0.2) is 0 Å². The van der Waals surface area contributed by atoms with Gasteiger partial charge >= 0.3 is 0 Å². The molecule has 118 valence electrons. The summed E-state index contributed by atoms with van der Waals surface area (Å²) in [7, 11) is -4.63. The molecule has 0 N–H and O–H groups in total. The van der Waals surface area contributed by atoms with Crippen LogP contribution < -0.4 is 10.4 Å². The van der Waals surface area contributed by atoms with Gasteiger partial charge in [-0.15, -0.1) is 0 Å². The van der Waals surface area contributed by atoms with Gasteiger partial charge in [-0.05, 0) is 24.8 Å². The first-order valence-electron chi connectivity index (χ1n) is 8.16. The van der Waals surface area contributed by atoms with Crippen molar-refractivity contribution in [3.05, 3.63) is 60.7 Å². The smallest absolute Gasteiger partial charge is 0.180 e. The molecule has 0 saturated heterocycles.